The molecule has 4 amide bonds. The van der Waals surface area contributed by atoms with Crippen LogP contribution in [0.15, 0.2) is 0 Å². The fourth-order valence-electron chi connectivity index (χ4n) is 2.83. The Morgan fingerprint density at radius 2 is 0.857 bits per heavy atom. The minimum absolute atomic E-state index is 0.272. The summed E-state index contributed by atoms with van der Waals surface area (Å²) < 4.78 is -0.700. The molecule has 0 unspecified atom stereocenters. The molecule has 0 aromatic heterocycles. The number of hydrogen-bond donors (Lipinski definition) is 0. The quantitative estimate of drug-likeness (QED) is 0.546. The third-order valence-corrected chi connectivity index (χ3v) is 4.62. The zero-order valence-electron chi connectivity index (χ0n) is 14.1. The van der Waals surface area contributed by atoms with Gasteiger partial charge in [0.05, 0.1) is 40.0 Å². The van der Waals surface area contributed by atoms with Crippen LogP contribution in [0.4, 0.5) is 0 Å². The lowest BCUT2D eigenvalue weighted by Crippen LogP contribution is -2.60. The van der Waals surface area contributed by atoms with Crippen molar-refractivity contribution in [2.75, 3.05) is 26.2 Å². The van der Waals surface area contributed by atoms with Crippen LogP contribution in [0.2, 0.25) is 0 Å². The molecule has 0 heterocycles. The monoisotopic (exact) mass is 300 g/mol. The summed E-state index contributed by atoms with van der Waals surface area (Å²) in [6.45, 7) is 11.0. The molecule has 0 aromatic rings. The van der Waals surface area contributed by atoms with Crippen LogP contribution >= 0.6 is 0 Å². The Kier molecular flexibility index (Phi) is 7.06. The van der Waals surface area contributed by atoms with Gasteiger partial charge in [0.25, 0.3) is 0 Å². The van der Waals surface area contributed by atoms with Crippen LogP contribution in [-0.4, -0.2) is 58.8 Å². The van der Waals surface area contributed by atoms with Crippen LogP contribution in [-0.2, 0) is 19.2 Å². The Labute approximate surface area is 126 Å². The predicted molar refractivity (Wildman–Crippen MR) is 78.7 cm³/mol. The first-order valence-electron chi connectivity index (χ1n) is 7.51. The molecule has 0 aliphatic rings. The van der Waals surface area contributed by atoms with E-state index in [0.29, 0.717) is 26.2 Å². The average molecular weight is 300 g/mol. The van der Waals surface area contributed by atoms with Crippen molar-refractivity contribution in [1.29, 1.82) is 0 Å². The van der Waals surface area contributed by atoms with E-state index in [-0.39, 0.29) is 27.2 Å². The summed E-state index contributed by atoms with van der Waals surface area (Å²) in [6.07, 6.45) is -0.386. The van der Waals surface area contributed by atoms with Gasteiger partial charge >= 0.3 is 23.6 Å². The van der Waals surface area contributed by atoms with E-state index in [1.54, 1.807) is 27.7 Å². The molecule has 0 spiro atoms. The standard InChI is InChI=1S/C15H28N2O4/c1-7-16(8-2,12(5)18)14(20)11-15(21)17(9-3,10-4)13(6)19/h7-11H2,1-6H3/q+2. The van der Waals surface area contributed by atoms with Gasteiger partial charge in [-0.05, 0) is 27.7 Å². The van der Waals surface area contributed by atoms with Crippen molar-refractivity contribution in [3.63, 3.8) is 0 Å². The van der Waals surface area contributed by atoms with E-state index < -0.39 is 11.8 Å². The molecule has 21 heavy (non-hydrogen) atoms. The van der Waals surface area contributed by atoms with Gasteiger partial charge in [-0.15, -0.1) is 0 Å². The van der Waals surface area contributed by atoms with E-state index in [2.05, 4.69) is 0 Å². The molecule has 0 aromatic carbocycles. The maximum atomic E-state index is 12.5. The van der Waals surface area contributed by atoms with E-state index in [1.165, 1.54) is 13.8 Å². The van der Waals surface area contributed by atoms with Crippen LogP contribution in [0, 0.1) is 0 Å². The Bertz CT molecular complexity index is 395. The van der Waals surface area contributed by atoms with Crippen molar-refractivity contribution in [2.24, 2.45) is 0 Å². The van der Waals surface area contributed by atoms with Gasteiger partial charge in [0, 0.05) is 0 Å². The maximum Gasteiger partial charge on any atom is 0.334 e. The summed E-state index contributed by atoms with van der Waals surface area (Å²) in [4.78, 5) is 48.7. The number of nitrogens with zero attached hydrogens (tertiary/aromatic N) is 2. The fourth-order valence-corrected chi connectivity index (χ4v) is 2.83. The van der Waals surface area contributed by atoms with E-state index in [9.17, 15) is 19.2 Å². The fraction of sp³-hybridized carbons (Fsp3) is 0.733. The minimum atomic E-state index is -0.428. The topological polar surface area (TPSA) is 68.3 Å². The molecular weight excluding hydrogens is 272 g/mol. The number of hydrogen-bond acceptors (Lipinski definition) is 4. The summed E-state index contributed by atoms with van der Waals surface area (Å²) in [5.41, 5.74) is 0. The number of imide groups is 2. The Balaban J connectivity index is 5.46. The lowest BCUT2D eigenvalue weighted by atomic mass is 10.2. The van der Waals surface area contributed by atoms with Crippen LogP contribution in [0.5, 0.6) is 0 Å². The number of amides is 4. The number of carbonyl (C=O) groups is 4. The van der Waals surface area contributed by atoms with Crippen LogP contribution in [0.3, 0.4) is 0 Å². The van der Waals surface area contributed by atoms with Crippen LogP contribution < -0.4 is 0 Å². The first kappa shape index (κ1) is 19.6. The van der Waals surface area contributed by atoms with Gasteiger partial charge in [0.2, 0.25) is 0 Å². The van der Waals surface area contributed by atoms with E-state index in [4.69, 9.17) is 0 Å². The molecule has 6 nitrogen and oxygen atoms in total. The number of rotatable bonds is 6. The zero-order valence-corrected chi connectivity index (χ0v) is 14.1. The molecule has 0 N–H and O–H groups in total. The third kappa shape index (κ3) is 3.44. The first-order chi connectivity index (χ1) is 9.68. The predicted octanol–water partition coefficient (Wildman–Crippen LogP) is 1.24. The summed E-state index contributed by atoms with van der Waals surface area (Å²) in [6, 6.07) is 0. The average Bonchev–Trinajstić information content (AvgIpc) is 2.41. The molecule has 0 bridgehead atoms. The van der Waals surface area contributed by atoms with Crippen molar-refractivity contribution in [3.05, 3.63) is 0 Å². The molecule has 0 rings (SSSR count). The van der Waals surface area contributed by atoms with Gasteiger partial charge in [-0.2, -0.15) is 8.97 Å². The molecule has 0 radical (unpaired) electrons. The Morgan fingerprint density at radius 1 is 0.619 bits per heavy atom. The highest BCUT2D eigenvalue weighted by Crippen LogP contribution is 2.16. The molecule has 0 atom stereocenters. The smallest absolute Gasteiger partial charge is 0.231 e. The minimum Gasteiger partial charge on any atom is -0.231 e. The number of carbonyl (C=O) groups excluding carboxylic acids is 4. The number of quaternary nitrogens is 2. The van der Waals surface area contributed by atoms with Crippen molar-refractivity contribution in [3.8, 4) is 0 Å². The molecule has 6 heteroatoms. The van der Waals surface area contributed by atoms with Crippen molar-refractivity contribution in [1.82, 2.24) is 0 Å². The van der Waals surface area contributed by atoms with E-state index in [1.807, 2.05) is 0 Å². The Morgan fingerprint density at radius 3 is 1.00 bits per heavy atom. The summed E-state index contributed by atoms with van der Waals surface area (Å²) in [5.74, 6) is -1.40. The summed E-state index contributed by atoms with van der Waals surface area (Å²) in [5, 5.41) is 0. The molecular formula is C15H28N2O4+2. The van der Waals surface area contributed by atoms with Gasteiger partial charge in [-0.3, -0.25) is 0 Å². The molecule has 0 aliphatic carbocycles. The first-order valence-corrected chi connectivity index (χ1v) is 7.51. The second-order valence-electron chi connectivity index (χ2n) is 5.20. The van der Waals surface area contributed by atoms with Gasteiger partial charge in [-0.25, -0.2) is 19.2 Å². The third-order valence-electron chi connectivity index (χ3n) is 4.62. The zero-order chi connectivity index (χ0) is 16.8. The van der Waals surface area contributed by atoms with E-state index in [0.717, 1.165) is 0 Å². The molecule has 0 saturated carbocycles. The molecule has 0 aliphatic heterocycles. The van der Waals surface area contributed by atoms with Crippen LogP contribution in [0.25, 0.3) is 0 Å². The molecule has 0 fully saturated rings. The lowest BCUT2D eigenvalue weighted by molar-refractivity contribution is -0.783. The van der Waals surface area contributed by atoms with E-state index >= 15 is 0 Å². The molecule has 120 valence electrons. The van der Waals surface area contributed by atoms with Gasteiger partial charge in [-0.1, -0.05) is 0 Å². The lowest BCUT2D eigenvalue weighted by Gasteiger charge is -2.32. The van der Waals surface area contributed by atoms with Gasteiger partial charge < -0.3 is 0 Å². The largest absolute Gasteiger partial charge is 0.334 e. The highest BCUT2D eigenvalue weighted by molar-refractivity contribution is 5.97. The maximum absolute atomic E-state index is 12.5. The van der Waals surface area contributed by atoms with Crippen molar-refractivity contribution < 1.29 is 28.1 Å². The molecule has 0 saturated heterocycles. The SMILES string of the molecule is CC[N+](CC)(C(C)=O)C(=O)CC(=O)[N+](CC)(CC)C(C)=O. The highest BCUT2D eigenvalue weighted by Gasteiger charge is 2.46. The van der Waals surface area contributed by atoms with Crippen molar-refractivity contribution in [2.45, 2.75) is 48.0 Å². The summed E-state index contributed by atoms with van der Waals surface area (Å²) in [7, 11) is 0. The second-order valence-corrected chi connectivity index (χ2v) is 5.20. The van der Waals surface area contributed by atoms with Gasteiger partial charge in [0.1, 0.15) is 0 Å². The normalized spacial score (nSPS) is 12.1. The van der Waals surface area contributed by atoms with Gasteiger partial charge in [0.15, 0.2) is 6.42 Å². The summed E-state index contributed by atoms with van der Waals surface area (Å²) >= 11 is 0. The van der Waals surface area contributed by atoms with Crippen molar-refractivity contribution >= 4 is 23.6 Å². The van der Waals surface area contributed by atoms with Crippen LogP contribution in [0.1, 0.15) is 48.0 Å². The Hall–Kier alpha value is -1.40. The highest BCUT2D eigenvalue weighted by atomic mass is 16.2. The second kappa shape index (κ2) is 7.56.